The van der Waals surface area contributed by atoms with Crippen LogP contribution in [0.1, 0.15) is 11.1 Å². The van der Waals surface area contributed by atoms with Gasteiger partial charge in [0.15, 0.2) is 5.82 Å². The second kappa shape index (κ2) is 5.93. The molecule has 0 fully saturated rings. The number of nitrogens with zero attached hydrogens (tertiary/aromatic N) is 3. The monoisotopic (exact) mass is 393 g/mol. The zero-order chi connectivity index (χ0) is 14.8. The Morgan fingerprint density at radius 1 is 1.14 bits per heavy atom. The Morgan fingerprint density at radius 2 is 1.90 bits per heavy atom. The second-order valence-electron chi connectivity index (χ2n) is 4.84. The first-order valence-corrected chi connectivity index (χ1v) is 7.60. The van der Waals surface area contributed by atoms with Crippen molar-refractivity contribution in [2.24, 2.45) is 0 Å². The van der Waals surface area contributed by atoms with E-state index in [4.69, 9.17) is 0 Å². The van der Waals surface area contributed by atoms with E-state index >= 15 is 0 Å². The van der Waals surface area contributed by atoms with E-state index in [0.717, 1.165) is 16.7 Å². The van der Waals surface area contributed by atoms with Crippen LogP contribution in [-0.2, 0) is 6.54 Å². The van der Waals surface area contributed by atoms with E-state index < -0.39 is 0 Å². The van der Waals surface area contributed by atoms with E-state index in [1.54, 1.807) is 17.1 Å². The molecule has 5 heteroatoms. The number of aromatic nitrogens is 3. The fourth-order valence-corrected chi connectivity index (χ4v) is 2.47. The highest BCUT2D eigenvalue weighted by Gasteiger charge is 2.06. The molecule has 0 atom stereocenters. The fraction of sp³-hybridized carbons (Fsp3) is 0.125. The standard InChI is InChI=1S/C16H13FIN3/c1-11-8-14(17)5-2-13(11)9-21-10-19-16(20-21)12-3-6-15(18)7-4-12/h2-8,10H,9H2,1H3. The molecule has 0 unspecified atom stereocenters. The van der Waals surface area contributed by atoms with Crippen LogP contribution in [0, 0.1) is 16.3 Å². The van der Waals surface area contributed by atoms with Crippen LogP contribution in [0.4, 0.5) is 4.39 Å². The number of rotatable bonds is 3. The van der Waals surface area contributed by atoms with Gasteiger partial charge in [-0.15, -0.1) is 0 Å². The SMILES string of the molecule is Cc1cc(F)ccc1Cn1cnc(-c2ccc(I)cc2)n1. The molecule has 1 aromatic heterocycles. The van der Waals surface area contributed by atoms with Crippen molar-refractivity contribution in [3.05, 3.63) is 69.3 Å². The lowest BCUT2D eigenvalue weighted by Crippen LogP contribution is -2.02. The summed E-state index contributed by atoms with van der Waals surface area (Å²) in [5.41, 5.74) is 2.95. The summed E-state index contributed by atoms with van der Waals surface area (Å²) in [5.74, 6) is 0.487. The molecule has 0 spiro atoms. The quantitative estimate of drug-likeness (QED) is 0.629. The normalized spacial score (nSPS) is 10.8. The number of benzene rings is 2. The molecule has 106 valence electrons. The minimum atomic E-state index is -0.214. The maximum atomic E-state index is 13.1. The third-order valence-corrected chi connectivity index (χ3v) is 4.00. The van der Waals surface area contributed by atoms with Crippen LogP contribution in [0.25, 0.3) is 11.4 Å². The summed E-state index contributed by atoms with van der Waals surface area (Å²) in [7, 11) is 0. The maximum Gasteiger partial charge on any atom is 0.181 e. The van der Waals surface area contributed by atoms with Crippen molar-refractivity contribution in [2.45, 2.75) is 13.5 Å². The third-order valence-electron chi connectivity index (χ3n) is 3.28. The highest BCUT2D eigenvalue weighted by Crippen LogP contribution is 2.17. The average Bonchev–Trinajstić information content (AvgIpc) is 2.91. The Hall–Kier alpha value is -1.76. The average molecular weight is 393 g/mol. The van der Waals surface area contributed by atoms with E-state index in [1.165, 1.54) is 15.7 Å². The van der Waals surface area contributed by atoms with Gasteiger partial charge in [0.1, 0.15) is 12.1 Å². The lowest BCUT2D eigenvalue weighted by Gasteiger charge is -2.05. The minimum Gasteiger partial charge on any atom is -0.248 e. The summed E-state index contributed by atoms with van der Waals surface area (Å²) in [5, 5.41) is 4.48. The Morgan fingerprint density at radius 3 is 2.62 bits per heavy atom. The number of hydrogen-bond donors (Lipinski definition) is 0. The summed E-state index contributed by atoms with van der Waals surface area (Å²) < 4.78 is 16.1. The van der Waals surface area contributed by atoms with Gasteiger partial charge < -0.3 is 0 Å². The summed E-state index contributed by atoms with van der Waals surface area (Å²) >= 11 is 2.27. The Kier molecular flexibility index (Phi) is 4.01. The van der Waals surface area contributed by atoms with Gasteiger partial charge in [-0.25, -0.2) is 14.1 Å². The second-order valence-corrected chi connectivity index (χ2v) is 6.09. The molecule has 0 radical (unpaired) electrons. The third kappa shape index (κ3) is 3.29. The van der Waals surface area contributed by atoms with E-state index in [0.29, 0.717) is 12.4 Å². The largest absolute Gasteiger partial charge is 0.248 e. The zero-order valence-electron chi connectivity index (χ0n) is 11.4. The molecule has 2 aromatic carbocycles. The maximum absolute atomic E-state index is 13.1. The molecule has 0 saturated carbocycles. The van der Waals surface area contributed by atoms with Crippen LogP contribution in [0.2, 0.25) is 0 Å². The van der Waals surface area contributed by atoms with Crippen LogP contribution in [-0.4, -0.2) is 14.8 Å². The van der Waals surface area contributed by atoms with Crippen molar-refractivity contribution in [3.63, 3.8) is 0 Å². The van der Waals surface area contributed by atoms with Gasteiger partial charge >= 0.3 is 0 Å². The summed E-state index contributed by atoms with van der Waals surface area (Å²) in [4.78, 5) is 4.33. The van der Waals surface area contributed by atoms with Crippen LogP contribution in [0.3, 0.4) is 0 Å². The fourth-order valence-electron chi connectivity index (χ4n) is 2.11. The lowest BCUT2D eigenvalue weighted by molar-refractivity contribution is 0.622. The van der Waals surface area contributed by atoms with Gasteiger partial charge in [0.2, 0.25) is 0 Å². The molecule has 0 N–H and O–H groups in total. The smallest absolute Gasteiger partial charge is 0.181 e. The van der Waals surface area contributed by atoms with Gasteiger partial charge in [0, 0.05) is 9.13 Å². The van der Waals surface area contributed by atoms with Crippen molar-refractivity contribution in [2.75, 3.05) is 0 Å². The first kappa shape index (κ1) is 14.2. The van der Waals surface area contributed by atoms with E-state index in [2.05, 4.69) is 32.7 Å². The topological polar surface area (TPSA) is 30.7 Å². The first-order chi connectivity index (χ1) is 10.1. The van der Waals surface area contributed by atoms with Crippen molar-refractivity contribution < 1.29 is 4.39 Å². The summed E-state index contributed by atoms with van der Waals surface area (Å²) in [6.45, 7) is 2.48. The Labute approximate surface area is 136 Å². The molecule has 0 aliphatic carbocycles. The molecule has 0 bridgehead atoms. The van der Waals surface area contributed by atoms with Crippen molar-refractivity contribution in [1.82, 2.24) is 14.8 Å². The van der Waals surface area contributed by atoms with E-state index in [1.807, 2.05) is 31.2 Å². The highest BCUT2D eigenvalue weighted by atomic mass is 127. The van der Waals surface area contributed by atoms with Crippen molar-refractivity contribution in [3.8, 4) is 11.4 Å². The van der Waals surface area contributed by atoms with Crippen molar-refractivity contribution >= 4 is 22.6 Å². The van der Waals surface area contributed by atoms with Crippen LogP contribution >= 0.6 is 22.6 Å². The van der Waals surface area contributed by atoms with Gasteiger partial charge in [-0.3, -0.25) is 0 Å². The van der Waals surface area contributed by atoms with Gasteiger partial charge in [0.25, 0.3) is 0 Å². The number of aryl methyl sites for hydroxylation is 1. The molecule has 21 heavy (non-hydrogen) atoms. The van der Waals surface area contributed by atoms with Gasteiger partial charge in [0.05, 0.1) is 6.54 Å². The van der Waals surface area contributed by atoms with Gasteiger partial charge in [-0.1, -0.05) is 18.2 Å². The van der Waals surface area contributed by atoms with E-state index in [-0.39, 0.29) is 5.82 Å². The van der Waals surface area contributed by atoms with Crippen LogP contribution in [0.15, 0.2) is 48.8 Å². The zero-order valence-corrected chi connectivity index (χ0v) is 13.6. The minimum absolute atomic E-state index is 0.214. The van der Waals surface area contributed by atoms with Crippen LogP contribution < -0.4 is 0 Å². The molecule has 0 aliphatic heterocycles. The Balaban J connectivity index is 1.83. The molecular formula is C16H13FIN3. The van der Waals surface area contributed by atoms with Gasteiger partial charge in [-0.2, -0.15) is 5.10 Å². The molecule has 3 rings (SSSR count). The predicted molar refractivity (Wildman–Crippen MR) is 88.4 cm³/mol. The van der Waals surface area contributed by atoms with Crippen molar-refractivity contribution in [1.29, 1.82) is 0 Å². The van der Waals surface area contributed by atoms with E-state index in [9.17, 15) is 4.39 Å². The Bertz CT molecular complexity index is 765. The van der Waals surface area contributed by atoms with Crippen LogP contribution in [0.5, 0.6) is 0 Å². The summed E-state index contributed by atoms with van der Waals surface area (Å²) in [6, 6.07) is 12.9. The van der Waals surface area contributed by atoms with Gasteiger partial charge in [-0.05, 0) is 64.9 Å². The lowest BCUT2D eigenvalue weighted by atomic mass is 10.1. The molecule has 0 aliphatic rings. The molecule has 3 nitrogen and oxygen atoms in total. The molecule has 1 heterocycles. The summed E-state index contributed by atoms with van der Waals surface area (Å²) in [6.07, 6.45) is 1.70. The number of hydrogen-bond acceptors (Lipinski definition) is 2. The highest BCUT2D eigenvalue weighted by molar-refractivity contribution is 14.1. The molecule has 3 aromatic rings. The molecule has 0 saturated heterocycles. The first-order valence-electron chi connectivity index (χ1n) is 6.52. The molecular weight excluding hydrogens is 380 g/mol. The molecule has 0 amide bonds. The predicted octanol–water partition coefficient (Wildman–Crippen LogP) is 4.05. The number of halogens is 2.